The van der Waals surface area contributed by atoms with Crippen molar-refractivity contribution in [3.8, 4) is 17.2 Å². The number of hydrogen-bond donors (Lipinski definition) is 2. The number of anilines is 1. The molecular formula is C16H15NO4. The minimum atomic E-state index is -0.291. The summed E-state index contributed by atoms with van der Waals surface area (Å²) >= 11 is 0. The first kappa shape index (κ1) is 13.3. The normalized spacial score (nSPS) is 13.3. The molecule has 0 radical (unpaired) electrons. The second kappa shape index (κ2) is 5.75. The lowest BCUT2D eigenvalue weighted by Gasteiger charge is -2.10. The van der Waals surface area contributed by atoms with E-state index in [-0.39, 0.29) is 11.7 Å². The van der Waals surface area contributed by atoms with Crippen molar-refractivity contribution in [2.24, 2.45) is 0 Å². The van der Waals surface area contributed by atoms with Crippen LogP contribution in [0.1, 0.15) is 16.8 Å². The number of ether oxygens (including phenoxy) is 2. The molecule has 0 aromatic heterocycles. The Labute approximate surface area is 122 Å². The van der Waals surface area contributed by atoms with E-state index in [0.29, 0.717) is 36.0 Å². The zero-order valence-corrected chi connectivity index (χ0v) is 11.3. The van der Waals surface area contributed by atoms with Crippen LogP contribution in [-0.2, 0) is 0 Å². The van der Waals surface area contributed by atoms with Crippen molar-refractivity contribution in [2.45, 2.75) is 6.42 Å². The van der Waals surface area contributed by atoms with E-state index in [0.717, 1.165) is 6.42 Å². The summed E-state index contributed by atoms with van der Waals surface area (Å²) in [7, 11) is 0. The highest BCUT2D eigenvalue weighted by Gasteiger charge is 2.12. The molecule has 5 heteroatoms. The van der Waals surface area contributed by atoms with Gasteiger partial charge in [-0.3, -0.25) is 4.79 Å². The molecule has 2 aromatic carbocycles. The van der Waals surface area contributed by atoms with Gasteiger partial charge in [0.1, 0.15) is 5.75 Å². The predicted octanol–water partition coefficient (Wildman–Crippen LogP) is 2.81. The highest BCUT2D eigenvalue weighted by Crippen LogP contribution is 2.32. The first-order valence-corrected chi connectivity index (χ1v) is 6.72. The molecule has 1 aliphatic rings. The average molecular weight is 285 g/mol. The van der Waals surface area contributed by atoms with E-state index in [1.54, 1.807) is 30.3 Å². The number of fused-ring (bicyclic) bond motifs is 1. The van der Waals surface area contributed by atoms with Crippen molar-refractivity contribution in [3.05, 3.63) is 48.0 Å². The average Bonchev–Trinajstić information content (AvgIpc) is 2.72. The lowest BCUT2D eigenvalue weighted by molar-refractivity contribution is 0.102. The molecule has 0 saturated carbocycles. The van der Waals surface area contributed by atoms with Gasteiger partial charge >= 0.3 is 0 Å². The van der Waals surface area contributed by atoms with Gasteiger partial charge in [-0.05, 0) is 30.3 Å². The van der Waals surface area contributed by atoms with E-state index in [1.807, 2.05) is 0 Å². The fourth-order valence-corrected chi connectivity index (χ4v) is 2.09. The van der Waals surface area contributed by atoms with Crippen LogP contribution in [0.15, 0.2) is 42.5 Å². The maximum atomic E-state index is 12.1. The van der Waals surface area contributed by atoms with Crippen LogP contribution in [0.4, 0.5) is 5.69 Å². The van der Waals surface area contributed by atoms with Crippen molar-refractivity contribution in [2.75, 3.05) is 18.5 Å². The van der Waals surface area contributed by atoms with Gasteiger partial charge in [-0.25, -0.2) is 0 Å². The first-order valence-electron chi connectivity index (χ1n) is 6.72. The third-order valence-electron chi connectivity index (χ3n) is 3.11. The molecule has 108 valence electrons. The van der Waals surface area contributed by atoms with Crippen molar-refractivity contribution in [3.63, 3.8) is 0 Å². The molecule has 0 saturated heterocycles. The number of phenols is 1. The molecule has 0 unspecified atom stereocenters. The van der Waals surface area contributed by atoms with E-state index < -0.39 is 0 Å². The molecule has 2 aromatic rings. The fourth-order valence-electron chi connectivity index (χ4n) is 2.09. The summed E-state index contributed by atoms with van der Waals surface area (Å²) in [6, 6.07) is 11.5. The summed E-state index contributed by atoms with van der Waals surface area (Å²) in [6.45, 7) is 1.22. The second-order valence-electron chi connectivity index (χ2n) is 4.72. The third kappa shape index (κ3) is 3.08. The zero-order valence-electron chi connectivity index (χ0n) is 11.3. The Bertz CT molecular complexity index is 669. The first-order chi connectivity index (χ1) is 10.2. The number of nitrogens with one attached hydrogen (secondary N) is 1. The maximum Gasteiger partial charge on any atom is 0.255 e. The Hall–Kier alpha value is -2.69. The molecule has 1 heterocycles. The monoisotopic (exact) mass is 285 g/mol. The molecule has 2 N–H and O–H groups in total. The van der Waals surface area contributed by atoms with Gasteiger partial charge in [0, 0.05) is 23.7 Å². The van der Waals surface area contributed by atoms with E-state index in [9.17, 15) is 9.90 Å². The maximum absolute atomic E-state index is 12.1. The highest BCUT2D eigenvalue weighted by atomic mass is 16.5. The second-order valence-corrected chi connectivity index (χ2v) is 4.72. The Morgan fingerprint density at radius 2 is 1.86 bits per heavy atom. The van der Waals surface area contributed by atoms with Gasteiger partial charge in [-0.1, -0.05) is 6.07 Å². The lowest BCUT2D eigenvalue weighted by Crippen LogP contribution is -2.11. The van der Waals surface area contributed by atoms with E-state index in [4.69, 9.17) is 9.47 Å². The Kier molecular flexibility index (Phi) is 3.64. The largest absolute Gasteiger partial charge is 0.508 e. The van der Waals surface area contributed by atoms with Crippen LogP contribution in [0.2, 0.25) is 0 Å². The van der Waals surface area contributed by atoms with Crippen molar-refractivity contribution in [1.82, 2.24) is 0 Å². The SMILES string of the molecule is O=C(Nc1ccc2c(c1)OCCCO2)c1cccc(O)c1. The number of carbonyl (C=O) groups excluding carboxylic acids is 1. The topological polar surface area (TPSA) is 67.8 Å². The standard InChI is InChI=1S/C16H15NO4/c18-13-4-1-3-11(9-13)16(19)17-12-5-6-14-15(10-12)21-8-2-7-20-14/h1,3-6,9-10,18H,2,7-8H2,(H,17,19). The number of amides is 1. The summed E-state index contributed by atoms with van der Waals surface area (Å²) in [5.41, 5.74) is 1.01. The van der Waals surface area contributed by atoms with Crippen LogP contribution in [0.3, 0.4) is 0 Å². The number of phenolic OH excluding ortho intramolecular Hbond substituents is 1. The molecule has 5 nitrogen and oxygen atoms in total. The summed E-state index contributed by atoms with van der Waals surface area (Å²) in [5, 5.41) is 12.2. The number of carbonyl (C=O) groups is 1. The van der Waals surface area contributed by atoms with Gasteiger partial charge in [0.05, 0.1) is 13.2 Å². The smallest absolute Gasteiger partial charge is 0.255 e. The van der Waals surface area contributed by atoms with Crippen molar-refractivity contribution < 1.29 is 19.4 Å². The Morgan fingerprint density at radius 1 is 1.05 bits per heavy atom. The summed E-state index contributed by atoms with van der Waals surface area (Å²) < 4.78 is 11.1. The van der Waals surface area contributed by atoms with Crippen LogP contribution in [0.5, 0.6) is 17.2 Å². The minimum absolute atomic E-state index is 0.0568. The van der Waals surface area contributed by atoms with Gasteiger partial charge < -0.3 is 19.9 Å². The molecule has 21 heavy (non-hydrogen) atoms. The third-order valence-corrected chi connectivity index (χ3v) is 3.11. The molecule has 0 aliphatic carbocycles. The molecule has 0 fully saturated rings. The van der Waals surface area contributed by atoms with Crippen LogP contribution in [0.25, 0.3) is 0 Å². The molecule has 0 spiro atoms. The van der Waals surface area contributed by atoms with Crippen LogP contribution < -0.4 is 14.8 Å². The van der Waals surface area contributed by atoms with E-state index >= 15 is 0 Å². The molecular weight excluding hydrogens is 270 g/mol. The highest BCUT2D eigenvalue weighted by molar-refractivity contribution is 6.04. The molecule has 0 bridgehead atoms. The van der Waals surface area contributed by atoms with Crippen molar-refractivity contribution in [1.29, 1.82) is 0 Å². The van der Waals surface area contributed by atoms with Crippen LogP contribution in [0, 0.1) is 0 Å². The van der Waals surface area contributed by atoms with Gasteiger partial charge in [0.15, 0.2) is 11.5 Å². The van der Waals surface area contributed by atoms with E-state index in [2.05, 4.69) is 5.32 Å². The van der Waals surface area contributed by atoms with Gasteiger partial charge in [-0.2, -0.15) is 0 Å². The lowest BCUT2D eigenvalue weighted by atomic mass is 10.2. The van der Waals surface area contributed by atoms with Crippen LogP contribution >= 0.6 is 0 Å². The number of hydrogen-bond acceptors (Lipinski definition) is 4. The predicted molar refractivity (Wildman–Crippen MR) is 78.1 cm³/mol. The fraction of sp³-hybridized carbons (Fsp3) is 0.188. The van der Waals surface area contributed by atoms with Crippen LogP contribution in [-0.4, -0.2) is 24.2 Å². The summed E-state index contributed by atoms with van der Waals surface area (Å²) in [6.07, 6.45) is 0.833. The van der Waals surface area contributed by atoms with Gasteiger partial charge in [0.2, 0.25) is 0 Å². The number of aromatic hydroxyl groups is 1. The quantitative estimate of drug-likeness (QED) is 0.890. The zero-order chi connectivity index (χ0) is 14.7. The Morgan fingerprint density at radius 3 is 2.67 bits per heavy atom. The van der Waals surface area contributed by atoms with Gasteiger partial charge in [-0.15, -0.1) is 0 Å². The van der Waals surface area contributed by atoms with Gasteiger partial charge in [0.25, 0.3) is 5.91 Å². The molecule has 0 atom stereocenters. The molecule has 3 rings (SSSR count). The molecule has 1 amide bonds. The summed E-state index contributed by atoms with van der Waals surface area (Å²) in [5.74, 6) is 1.07. The minimum Gasteiger partial charge on any atom is -0.508 e. The number of benzene rings is 2. The summed E-state index contributed by atoms with van der Waals surface area (Å²) in [4.78, 5) is 12.1. The number of rotatable bonds is 2. The Balaban J connectivity index is 1.79. The van der Waals surface area contributed by atoms with E-state index in [1.165, 1.54) is 12.1 Å². The van der Waals surface area contributed by atoms with Crippen molar-refractivity contribution >= 4 is 11.6 Å². The molecule has 1 aliphatic heterocycles.